The number of benzene rings is 3. The van der Waals surface area contributed by atoms with E-state index in [0.29, 0.717) is 0 Å². The van der Waals surface area contributed by atoms with Crippen LogP contribution >= 0.6 is 0 Å². The average Bonchev–Trinajstić information content (AvgIpc) is 2.85. The first kappa shape index (κ1) is 19.0. The first-order chi connectivity index (χ1) is 15.3. The molecule has 0 aliphatic carbocycles. The molecule has 2 aromatic heterocycles. The van der Waals surface area contributed by atoms with Gasteiger partial charge < -0.3 is 0 Å². The lowest BCUT2D eigenvalue weighted by atomic mass is 9.99. The second-order valence-corrected chi connectivity index (χ2v) is 7.59. The lowest BCUT2D eigenvalue weighted by molar-refractivity contribution is -0.576. The summed E-state index contributed by atoms with van der Waals surface area (Å²) < 4.78 is 2.27. The Kier molecular flexibility index (Phi) is 5.12. The Balaban J connectivity index is 1.88. The molecule has 2 heterocycles. The van der Waals surface area contributed by atoms with E-state index in [2.05, 4.69) is 120 Å². The fourth-order valence-electron chi connectivity index (χ4n) is 3.94. The molecule has 0 N–H and O–H groups in total. The summed E-state index contributed by atoms with van der Waals surface area (Å²) in [4.78, 5) is 4.88. The number of aryl methyl sites for hydroxylation is 1. The quantitative estimate of drug-likeness (QED) is 0.309. The number of rotatable bonds is 4. The summed E-state index contributed by atoms with van der Waals surface area (Å²) in [6.45, 7) is 2.03. The maximum atomic E-state index is 4.88. The van der Waals surface area contributed by atoms with Crippen molar-refractivity contribution in [3.8, 4) is 39.5 Å². The van der Waals surface area contributed by atoms with E-state index in [1.165, 1.54) is 11.1 Å². The number of hydrogen-bond acceptors (Lipinski definition) is 1. The zero-order valence-corrected chi connectivity index (χ0v) is 17.4. The maximum Gasteiger partial charge on any atom is 0.328 e. The second kappa shape index (κ2) is 8.37. The molecule has 0 aliphatic rings. The first-order valence-corrected chi connectivity index (χ1v) is 10.5. The van der Waals surface area contributed by atoms with Crippen molar-refractivity contribution in [2.24, 2.45) is 0 Å². The van der Waals surface area contributed by atoms with Gasteiger partial charge in [-0.2, -0.15) is 4.57 Å². The van der Waals surface area contributed by atoms with Crippen molar-refractivity contribution in [1.29, 1.82) is 0 Å². The Morgan fingerprint density at radius 3 is 1.45 bits per heavy atom. The SMILES string of the molecule is Cc1cccc(-[n+]2c(-c3ccccc3)cc(-c3ccccc3)cc2-c2ccccc2)n1. The van der Waals surface area contributed by atoms with Gasteiger partial charge in [-0.05, 0) is 40.4 Å². The molecular formula is C29H23N2+. The molecule has 0 atom stereocenters. The van der Waals surface area contributed by atoms with Crippen LogP contribution in [-0.2, 0) is 0 Å². The summed E-state index contributed by atoms with van der Waals surface area (Å²) in [6, 6.07) is 42.3. The number of aromatic nitrogens is 2. The van der Waals surface area contributed by atoms with E-state index in [0.717, 1.165) is 34.0 Å². The molecule has 0 radical (unpaired) electrons. The Labute approximate surface area is 183 Å². The Morgan fingerprint density at radius 2 is 0.968 bits per heavy atom. The van der Waals surface area contributed by atoms with E-state index in [9.17, 15) is 0 Å². The molecule has 0 fully saturated rings. The van der Waals surface area contributed by atoms with Crippen LogP contribution in [0.5, 0.6) is 0 Å². The van der Waals surface area contributed by atoms with Crippen LogP contribution in [0.3, 0.4) is 0 Å². The highest BCUT2D eigenvalue weighted by atomic mass is 15.1. The fourth-order valence-corrected chi connectivity index (χ4v) is 3.94. The maximum absolute atomic E-state index is 4.88. The van der Waals surface area contributed by atoms with Crippen molar-refractivity contribution in [2.75, 3.05) is 0 Å². The van der Waals surface area contributed by atoms with Crippen LogP contribution in [0, 0.1) is 6.92 Å². The highest BCUT2D eigenvalue weighted by molar-refractivity contribution is 5.74. The van der Waals surface area contributed by atoms with Crippen molar-refractivity contribution in [1.82, 2.24) is 4.98 Å². The largest absolute Gasteiger partial charge is 0.328 e. The fraction of sp³-hybridized carbons (Fsp3) is 0.0345. The van der Waals surface area contributed by atoms with Crippen LogP contribution in [0.1, 0.15) is 5.69 Å². The van der Waals surface area contributed by atoms with Crippen LogP contribution < -0.4 is 4.57 Å². The van der Waals surface area contributed by atoms with E-state index in [-0.39, 0.29) is 0 Å². The van der Waals surface area contributed by atoms with Crippen LogP contribution in [-0.4, -0.2) is 4.98 Å². The van der Waals surface area contributed by atoms with E-state index in [1.807, 2.05) is 13.0 Å². The van der Waals surface area contributed by atoms with Crippen LogP contribution in [0.15, 0.2) is 121 Å². The molecule has 2 nitrogen and oxygen atoms in total. The van der Waals surface area contributed by atoms with Gasteiger partial charge in [-0.3, -0.25) is 0 Å². The monoisotopic (exact) mass is 399 g/mol. The van der Waals surface area contributed by atoms with E-state index >= 15 is 0 Å². The van der Waals surface area contributed by atoms with Crippen molar-refractivity contribution >= 4 is 0 Å². The summed E-state index contributed by atoms with van der Waals surface area (Å²) >= 11 is 0. The van der Waals surface area contributed by atoms with Gasteiger partial charge in [0.2, 0.25) is 0 Å². The normalized spacial score (nSPS) is 10.7. The van der Waals surface area contributed by atoms with Gasteiger partial charge in [0.05, 0.1) is 0 Å². The molecule has 0 saturated heterocycles. The molecule has 31 heavy (non-hydrogen) atoms. The number of hydrogen-bond donors (Lipinski definition) is 0. The smallest absolute Gasteiger partial charge is 0.188 e. The highest BCUT2D eigenvalue weighted by Crippen LogP contribution is 2.30. The van der Waals surface area contributed by atoms with E-state index in [1.54, 1.807) is 0 Å². The molecule has 2 heteroatoms. The van der Waals surface area contributed by atoms with Crippen LogP contribution in [0.2, 0.25) is 0 Å². The molecule has 5 rings (SSSR count). The lowest BCUT2D eigenvalue weighted by Crippen LogP contribution is -2.37. The van der Waals surface area contributed by atoms with E-state index < -0.39 is 0 Å². The van der Waals surface area contributed by atoms with Crippen molar-refractivity contribution < 1.29 is 4.57 Å². The number of nitrogens with zero attached hydrogens (tertiary/aromatic N) is 2. The van der Waals surface area contributed by atoms with E-state index in [4.69, 9.17) is 4.98 Å². The molecular weight excluding hydrogens is 376 g/mol. The zero-order chi connectivity index (χ0) is 21.0. The summed E-state index contributed by atoms with van der Waals surface area (Å²) in [5.74, 6) is 0.914. The van der Waals surface area contributed by atoms with Crippen molar-refractivity contribution in [3.63, 3.8) is 0 Å². The van der Waals surface area contributed by atoms with Crippen molar-refractivity contribution in [2.45, 2.75) is 6.92 Å². The van der Waals surface area contributed by atoms with Gasteiger partial charge in [0.25, 0.3) is 0 Å². The van der Waals surface area contributed by atoms with Gasteiger partial charge in [0.1, 0.15) is 17.1 Å². The summed E-state index contributed by atoms with van der Waals surface area (Å²) in [7, 11) is 0. The van der Waals surface area contributed by atoms with Crippen LogP contribution in [0.4, 0.5) is 0 Å². The molecule has 3 aromatic carbocycles. The molecule has 0 aliphatic heterocycles. The van der Waals surface area contributed by atoms with Crippen LogP contribution in [0.25, 0.3) is 39.5 Å². The second-order valence-electron chi connectivity index (χ2n) is 7.59. The molecule has 148 valence electrons. The predicted octanol–water partition coefficient (Wildman–Crippen LogP) is 6.67. The predicted molar refractivity (Wildman–Crippen MR) is 127 cm³/mol. The topological polar surface area (TPSA) is 16.8 Å². The summed E-state index contributed by atoms with van der Waals surface area (Å²) in [6.07, 6.45) is 0. The van der Waals surface area contributed by atoms with Gasteiger partial charge in [0.15, 0.2) is 0 Å². The zero-order valence-electron chi connectivity index (χ0n) is 17.4. The minimum absolute atomic E-state index is 0.914. The Bertz CT molecular complexity index is 1250. The van der Waals surface area contributed by atoms with Gasteiger partial charge in [-0.1, -0.05) is 91.0 Å². The molecule has 0 saturated carbocycles. The highest BCUT2D eigenvalue weighted by Gasteiger charge is 2.23. The van der Waals surface area contributed by atoms with Gasteiger partial charge >= 0.3 is 5.82 Å². The first-order valence-electron chi connectivity index (χ1n) is 10.5. The Morgan fingerprint density at radius 1 is 0.484 bits per heavy atom. The lowest BCUT2D eigenvalue weighted by Gasteiger charge is -2.15. The molecule has 0 bridgehead atoms. The summed E-state index contributed by atoms with van der Waals surface area (Å²) in [5, 5.41) is 0. The molecule has 5 aromatic rings. The van der Waals surface area contributed by atoms with Gasteiger partial charge in [-0.25, -0.2) is 0 Å². The average molecular weight is 400 g/mol. The molecule has 0 unspecified atom stereocenters. The minimum Gasteiger partial charge on any atom is -0.188 e. The summed E-state index contributed by atoms with van der Waals surface area (Å²) in [5.41, 5.74) is 7.90. The third-order valence-corrected chi connectivity index (χ3v) is 5.42. The molecule has 0 amide bonds. The third-order valence-electron chi connectivity index (χ3n) is 5.42. The standard InChI is InChI=1S/C29H23N2/c1-22-12-11-19-29(30-22)31-27(24-15-7-3-8-16-24)20-26(23-13-5-2-6-14-23)21-28(31)25-17-9-4-10-18-25/h2-21H,1H3/q+1. The number of pyridine rings is 2. The minimum atomic E-state index is 0.914. The third kappa shape index (κ3) is 3.88. The van der Waals surface area contributed by atoms with Crippen molar-refractivity contribution in [3.05, 3.63) is 127 Å². The molecule has 0 spiro atoms. The van der Waals surface area contributed by atoms with Gasteiger partial charge in [0, 0.05) is 24.1 Å². The Hall–Kier alpha value is -4.04. The van der Waals surface area contributed by atoms with Gasteiger partial charge in [-0.15, -0.1) is 0 Å².